The highest BCUT2D eigenvalue weighted by atomic mass is 16.6. The number of ether oxygens (including phenoxy) is 1. The zero-order chi connectivity index (χ0) is 14.8. The van der Waals surface area contributed by atoms with Gasteiger partial charge in [0.05, 0.1) is 12.3 Å². The summed E-state index contributed by atoms with van der Waals surface area (Å²) in [5, 5.41) is 6.36. The number of rotatable bonds is 3. The van der Waals surface area contributed by atoms with Crippen molar-refractivity contribution in [2.24, 2.45) is 5.92 Å². The number of anilines is 1. The lowest BCUT2D eigenvalue weighted by molar-refractivity contribution is -0.141. The summed E-state index contributed by atoms with van der Waals surface area (Å²) in [7, 11) is 0. The predicted octanol–water partition coefficient (Wildman–Crippen LogP) is 2.23. The normalized spacial score (nSPS) is 21.1. The molecule has 21 heavy (non-hydrogen) atoms. The average Bonchev–Trinajstić information content (AvgIpc) is 3.06. The number of nitrogens with one attached hydrogen (secondary N) is 1. The van der Waals surface area contributed by atoms with Gasteiger partial charge in [-0.1, -0.05) is 35.5 Å². The molecule has 1 aromatic heterocycles. The van der Waals surface area contributed by atoms with Gasteiger partial charge in [0.1, 0.15) is 11.9 Å². The molecule has 1 saturated heterocycles. The van der Waals surface area contributed by atoms with Gasteiger partial charge in [-0.3, -0.25) is 9.59 Å². The SMILES string of the molecule is Cc1cc(NC(=O)[C@@H]2CC(=O)O[C@@H]2c2ccccc2)no1. The summed E-state index contributed by atoms with van der Waals surface area (Å²) in [5.41, 5.74) is 0.805. The van der Waals surface area contributed by atoms with E-state index in [2.05, 4.69) is 10.5 Å². The third kappa shape index (κ3) is 2.79. The molecule has 0 unspecified atom stereocenters. The first-order chi connectivity index (χ1) is 10.1. The van der Waals surface area contributed by atoms with Crippen molar-refractivity contribution in [3.05, 3.63) is 47.7 Å². The number of esters is 1. The number of benzene rings is 1. The number of aryl methyl sites for hydroxylation is 1. The minimum atomic E-state index is -0.572. The van der Waals surface area contributed by atoms with Gasteiger partial charge < -0.3 is 14.6 Å². The molecule has 3 rings (SSSR count). The molecule has 2 heterocycles. The molecule has 0 radical (unpaired) electrons. The third-order valence-electron chi connectivity index (χ3n) is 3.35. The van der Waals surface area contributed by atoms with Gasteiger partial charge in [0.2, 0.25) is 5.91 Å². The molecule has 6 heteroatoms. The zero-order valence-electron chi connectivity index (χ0n) is 11.4. The van der Waals surface area contributed by atoms with Gasteiger partial charge in [0, 0.05) is 6.07 Å². The Labute approximate surface area is 121 Å². The number of hydrogen-bond acceptors (Lipinski definition) is 5. The molecule has 1 aliphatic rings. The first kappa shape index (κ1) is 13.4. The van der Waals surface area contributed by atoms with Crippen molar-refractivity contribution >= 4 is 17.7 Å². The van der Waals surface area contributed by atoms with Crippen LogP contribution in [0.15, 0.2) is 40.9 Å². The summed E-state index contributed by atoms with van der Waals surface area (Å²) in [6.07, 6.45) is -0.505. The Bertz CT molecular complexity index is 665. The molecular formula is C15H14N2O4. The van der Waals surface area contributed by atoms with E-state index in [1.165, 1.54) is 0 Å². The summed E-state index contributed by atoms with van der Waals surface area (Å²) in [6.45, 7) is 1.73. The Kier molecular flexibility index (Phi) is 3.43. The summed E-state index contributed by atoms with van der Waals surface area (Å²) < 4.78 is 10.2. The standard InChI is InChI=1S/C15H14N2O4/c1-9-7-12(17-21-9)16-15(19)11-8-13(18)20-14(11)10-5-3-2-4-6-10/h2-7,11,14H,8H2,1H3,(H,16,17,19)/t11-,14-/m1/s1. The Morgan fingerprint density at radius 2 is 2.10 bits per heavy atom. The number of cyclic esters (lactones) is 1. The predicted molar refractivity (Wildman–Crippen MR) is 73.3 cm³/mol. The maximum atomic E-state index is 12.3. The fourth-order valence-electron chi connectivity index (χ4n) is 2.38. The smallest absolute Gasteiger partial charge is 0.307 e. The maximum Gasteiger partial charge on any atom is 0.307 e. The number of carbonyl (C=O) groups excluding carboxylic acids is 2. The second kappa shape index (κ2) is 5.40. The van der Waals surface area contributed by atoms with E-state index in [9.17, 15) is 9.59 Å². The molecule has 6 nitrogen and oxygen atoms in total. The van der Waals surface area contributed by atoms with Gasteiger partial charge in [0.25, 0.3) is 0 Å². The number of hydrogen-bond donors (Lipinski definition) is 1. The molecule has 1 aliphatic heterocycles. The minimum absolute atomic E-state index is 0.0578. The molecule has 2 atom stereocenters. The summed E-state index contributed by atoms with van der Waals surface area (Å²) in [6, 6.07) is 10.9. The topological polar surface area (TPSA) is 81.4 Å². The van der Waals surface area contributed by atoms with Crippen molar-refractivity contribution in [1.82, 2.24) is 5.16 Å². The van der Waals surface area contributed by atoms with Gasteiger partial charge in [-0.25, -0.2) is 0 Å². The van der Waals surface area contributed by atoms with Crippen molar-refractivity contribution in [1.29, 1.82) is 0 Å². The molecule has 0 bridgehead atoms. The van der Waals surface area contributed by atoms with Crippen LogP contribution in [0.25, 0.3) is 0 Å². The van der Waals surface area contributed by atoms with Crippen LogP contribution in [-0.2, 0) is 14.3 Å². The van der Waals surface area contributed by atoms with Crippen molar-refractivity contribution in [3.63, 3.8) is 0 Å². The van der Waals surface area contributed by atoms with E-state index < -0.39 is 12.0 Å². The van der Waals surface area contributed by atoms with Crippen molar-refractivity contribution in [3.8, 4) is 0 Å². The van der Waals surface area contributed by atoms with Gasteiger partial charge in [0.15, 0.2) is 5.82 Å². The Balaban J connectivity index is 1.79. The average molecular weight is 286 g/mol. The van der Waals surface area contributed by atoms with Crippen molar-refractivity contribution in [2.75, 3.05) is 5.32 Å². The lowest BCUT2D eigenvalue weighted by Gasteiger charge is -2.16. The van der Waals surface area contributed by atoms with Gasteiger partial charge >= 0.3 is 5.97 Å². The molecule has 2 aromatic rings. The fourth-order valence-corrected chi connectivity index (χ4v) is 2.38. The lowest BCUT2D eigenvalue weighted by atomic mass is 9.94. The van der Waals surface area contributed by atoms with Crippen molar-refractivity contribution < 1.29 is 18.8 Å². The molecule has 1 amide bonds. The second-order valence-corrected chi connectivity index (χ2v) is 4.94. The second-order valence-electron chi connectivity index (χ2n) is 4.94. The van der Waals surface area contributed by atoms with Crippen LogP contribution in [0.2, 0.25) is 0 Å². The first-order valence-electron chi connectivity index (χ1n) is 6.62. The van der Waals surface area contributed by atoms with E-state index in [0.29, 0.717) is 11.6 Å². The van der Waals surface area contributed by atoms with E-state index in [1.807, 2.05) is 30.3 Å². The van der Waals surface area contributed by atoms with Gasteiger partial charge in [-0.05, 0) is 12.5 Å². The lowest BCUT2D eigenvalue weighted by Crippen LogP contribution is -2.25. The Morgan fingerprint density at radius 1 is 1.33 bits per heavy atom. The molecule has 1 fully saturated rings. The van der Waals surface area contributed by atoms with Crippen molar-refractivity contribution in [2.45, 2.75) is 19.4 Å². The Hall–Kier alpha value is -2.63. The largest absolute Gasteiger partial charge is 0.457 e. The number of nitrogens with zero attached hydrogens (tertiary/aromatic N) is 1. The zero-order valence-corrected chi connectivity index (χ0v) is 11.4. The van der Waals surface area contributed by atoms with E-state index in [1.54, 1.807) is 13.0 Å². The molecule has 0 saturated carbocycles. The highest BCUT2D eigenvalue weighted by molar-refractivity contribution is 5.95. The van der Waals surface area contributed by atoms with Crippen LogP contribution in [0.4, 0.5) is 5.82 Å². The summed E-state index contributed by atoms with van der Waals surface area (Å²) in [5.74, 6) is -0.312. The van der Waals surface area contributed by atoms with E-state index in [0.717, 1.165) is 5.56 Å². The minimum Gasteiger partial charge on any atom is -0.457 e. The Morgan fingerprint density at radius 3 is 2.76 bits per heavy atom. The van der Waals surface area contributed by atoms with Crippen LogP contribution in [0.3, 0.4) is 0 Å². The molecule has 1 aromatic carbocycles. The highest BCUT2D eigenvalue weighted by Gasteiger charge is 2.40. The molecule has 0 spiro atoms. The first-order valence-corrected chi connectivity index (χ1v) is 6.62. The molecule has 1 N–H and O–H groups in total. The molecular weight excluding hydrogens is 272 g/mol. The number of aromatic nitrogens is 1. The fraction of sp³-hybridized carbons (Fsp3) is 0.267. The van der Waals surface area contributed by atoms with Crippen LogP contribution >= 0.6 is 0 Å². The van der Waals surface area contributed by atoms with Crippen LogP contribution in [0.5, 0.6) is 0 Å². The monoisotopic (exact) mass is 286 g/mol. The molecule has 0 aliphatic carbocycles. The third-order valence-corrected chi connectivity index (χ3v) is 3.35. The highest BCUT2D eigenvalue weighted by Crippen LogP contribution is 2.35. The number of amides is 1. The van der Waals surface area contributed by atoms with Gasteiger partial charge in [-0.15, -0.1) is 0 Å². The molecule has 108 valence electrons. The van der Waals surface area contributed by atoms with Crippen LogP contribution in [0.1, 0.15) is 23.8 Å². The van der Waals surface area contributed by atoms with Crippen LogP contribution in [0, 0.1) is 12.8 Å². The van der Waals surface area contributed by atoms with E-state index in [-0.39, 0.29) is 18.3 Å². The van der Waals surface area contributed by atoms with Gasteiger partial charge in [-0.2, -0.15) is 0 Å². The quantitative estimate of drug-likeness (QED) is 0.875. The van der Waals surface area contributed by atoms with Crippen LogP contribution < -0.4 is 5.32 Å². The summed E-state index contributed by atoms with van der Waals surface area (Å²) >= 11 is 0. The summed E-state index contributed by atoms with van der Waals surface area (Å²) in [4.78, 5) is 23.9. The number of carbonyl (C=O) groups is 2. The van der Waals surface area contributed by atoms with E-state index >= 15 is 0 Å². The van der Waals surface area contributed by atoms with E-state index in [4.69, 9.17) is 9.26 Å². The van der Waals surface area contributed by atoms with Crippen LogP contribution in [-0.4, -0.2) is 17.0 Å². The maximum absolute atomic E-state index is 12.3.